The molecule has 68 valence electrons. The van der Waals surface area contributed by atoms with E-state index in [0.29, 0.717) is 0 Å². The van der Waals surface area contributed by atoms with E-state index in [-0.39, 0.29) is 17.9 Å². The maximum atomic E-state index is 10.5. The molecule has 4 heteroatoms. The van der Waals surface area contributed by atoms with Crippen molar-refractivity contribution in [3.8, 4) is 0 Å². The van der Waals surface area contributed by atoms with E-state index < -0.39 is 18.2 Å². The molecule has 1 aliphatic carbocycles. The fraction of sp³-hybridized carbons (Fsp3) is 0.625. The van der Waals surface area contributed by atoms with Crippen LogP contribution in [0.15, 0.2) is 11.6 Å². The Hall–Kier alpha value is -0.870. The number of carbonyl (C=O) groups is 1. The summed E-state index contributed by atoms with van der Waals surface area (Å²) in [7, 11) is 0. The molecule has 12 heavy (non-hydrogen) atoms. The fourth-order valence-electron chi connectivity index (χ4n) is 1.34. The highest BCUT2D eigenvalue weighted by atomic mass is 16.4. The van der Waals surface area contributed by atoms with E-state index in [2.05, 4.69) is 0 Å². The number of hydrogen-bond donors (Lipinski definition) is 3. The molecule has 0 spiro atoms. The first-order chi connectivity index (χ1) is 5.52. The Morgan fingerprint density at radius 2 is 2.17 bits per heavy atom. The molecule has 0 aromatic rings. The lowest BCUT2D eigenvalue weighted by Gasteiger charge is -2.26. The van der Waals surface area contributed by atoms with Gasteiger partial charge in [0.15, 0.2) is 0 Å². The molecule has 0 aliphatic heterocycles. The number of rotatable bonds is 1. The predicted molar refractivity (Wildman–Crippen MR) is 41.5 cm³/mol. The summed E-state index contributed by atoms with van der Waals surface area (Å²) < 4.78 is 0. The summed E-state index contributed by atoms with van der Waals surface area (Å²) >= 11 is 0. The average Bonchev–Trinajstić information content (AvgIpc) is 1.99. The molecule has 3 atom stereocenters. The topological polar surface area (TPSA) is 77.8 Å². The van der Waals surface area contributed by atoms with E-state index in [9.17, 15) is 15.0 Å². The number of aliphatic hydroxyl groups excluding tert-OH is 2. The molecular weight excluding hydrogens is 160 g/mol. The van der Waals surface area contributed by atoms with Gasteiger partial charge in [-0.25, -0.2) is 4.79 Å². The summed E-state index contributed by atoms with van der Waals surface area (Å²) in [6, 6.07) is 0. The van der Waals surface area contributed by atoms with Crippen LogP contribution in [0.2, 0.25) is 0 Å². The molecule has 0 amide bonds. The van der Waals surface area contributed by atoms with Gasteiger partial charge in [-0.05, 0) is 0 Å². The van der Waals surface area contributed by atoms with Gasteiger partial charge in [0.25, 0.3) is 0 Å². The van der Waals surface area contributed by atoms with E-state index in [1.165, 1.54) is 6.08 Å². The quantitative estimate of drug-likeness (QED) is 0.510. The van der Waals surface area contributed by atoms with Crippen LogP contribution in [0.5, 0.6) is 0 Å². The highest BCUT2D eigenvalue weighted by molar-refractivity contribution is 5.86. The first kappa shape index (κ1) is 9.22. The molecule has 3 unspecified atom stereocenters. The Morgan fingerprint density at radius 3 is 2.58 bits per heavy atom. The zero-order valence-electron chi connectivity index (χ0n) is 6.77. The van der Waals surface area contributed by atoms with Crippen LogP contribution in [0.25, 0.3) is 0 Å². The van der Waals surface area contributed by atoms with Crippen molar-refractivity contribution in [2.75, 3.05) is 0 Å². The minimum atomic E-state index is -1.02. The van der Waals surface area contributed by atoms with Crippen molar-refractivity contribution in [2.24, 2.45) is 5.92 Å². The summed E-state index contributed by atoms with van der Waals surface area (Å²) in [6.45, 7) is 1.68. The maximum absolute atomic E-state index is 10.5. The Morgan fingerprint density at radius 1 is 1.58 bits per heavy atom. The third kappa shape index (κ3) is 1.65. The number of carboxylic acids is 1. The monoisotopic (exact) mass is 172 g/mol. The van der Waals surface area contributed by atoms with Gasteiger partial charge < -0.3 is 15.3 Å². The lowest BCUT2D eigenvalue weighted by molar-refractivity contribution is -0.133. The molecule has 0 saturated carbocycles. The van der Waals surface area contributed by atoms with E-state index >= 15 is 0 Å². The van der Waals surface area contributed by atoms with Gasteiger partial charge in [-0.15, -0.1) is 0 Å². The Labute approximate surface area is 70.1 Å². The van der Waals surface area contributed by atoms with Crippen LogP contribution in [0.1, 0.15) is 13.3 Å². The minimum Gasteiger partial charge on any atom is -0.478 e. The van der Waals surface area contributed by atoms with Crippen LogP contribution >= 0.6 is 0 Å². The standard InChI is InChI=1S/C8H12O4/c1-4-2-5(8(11)12)3-6(9)7(4)10/h2,4,6-7,9-10H,3H2,1H3,(H,11,12). The van der Waals surface area contributed by atoms with Crippen molar-refractivity contribution in [1.82, 2.24) is 0 Å². The lowest BCUT2D eigenvalue weighted by atomic mass is 9.87. The van der Waals surface area contributed by atoms with E-state index in [4.69, 9.17) is 5.11 Å². The zero-order chi connectivity index (χ0) is 9.30. The third-order valence-corrected chi connectivity index (χ3v) is 2.10. The molecule has 0 bridgehead atoms. The van der Waals surface area contributed by atoms with Gasteiger partial charge >= 0.3 is 5.97 Å². The minimum absolute atomic E-state index is 0.0286. The second kappa shape index (κ2) is 3.25. The molecule has 0 fully saturated rings. The van der Waals surface area contributed by atoms with Crippen LogP contribution < -0.4 is 0 Å². The van der Waals surface area contributed by atoms with Crippen LogP contribution in [0.3, 0.4) is 0 Å². The second-order valence-corrected chi connectivity index (χ2v) is 3.12. The SMILES string of the molecule is CC1C=C(C(=O)O)CC(O)C1O. The van der Waals surface area contributed by atoms with Crippen molar-refractivity contribution >= 4 is 5.97 Å². The van der Waals surface area contributed by atoms with Gasteiger partial charge in [-0.2, -0.15) is 0 Å². The predicted octanol–water partition coefficient (Wildman–Crippen LogP) is -0.241. The normalized spacial score (nSPS) is 35.9. The first-order valence-electron chi connectivity index (χ1n) is 3.82. The van der Waals surface area contributed by atoms with Gasteiger partial charge in [0, 0.05) is 17.9 Å². The van der Waals surface area contributed by atoms with Crippen LogP contribution in [-0.2, 0) is 4.79 Å². The van der Waals surface area contributed by atoms with Crippen molar-refractivity contribution in [1.29, 1.82) is 0 Å². The highest BCUT2D eigenvalue weighted by Crippen LogP contribution is 2.23. The first-order valence-corrected chi connectivity index (χ1v) is 3.82. The number of aliphatic hydroxyl groups is 2. The molecule has 0 aromatic carbocycles. The number of aliphatic carboxylic acids is 1. The van der Waals surface area contributed by atoms with Crippen molar-refractivity contribution in [3.05, 3.63) is 11.6 Å². The van der Waals surface area contributed by atoms with Gasteiger partial charge in [-0.1, -0.05) is 13.0 Å². The average molecular weight is 172 g/mol. The molecule has 0 heterocycles. The van der Waals surface area contributed by atoms with Crippen LogP contribution in [0.4, 0.5) is 0 Å². The maximum Gasteiger partial charge on any atom is 0.331 e. The molecule has 3 N–H and O–H groups in total. The Kier molecular flexibility index (Phi) is 2.49. The second-order valence-electron chi connectivity index (χ2n) is 3.12. The number of hydrogen-bond acceptors (Lipinski definition) is 3. The van der Waals surface area contributed by atoms with Crippen LogP contribution in [0, 0.1) is 5.92 Å². The van der Waals surface area contributed by atoms with E-state index in [1.54, 1.807) is 6.92 Å². The van der Waals surface area contributed by atoms with Crippen LogP contribution in [-0.4, -0.2) is 33.5 Å². The molecule has 4 nitrogen and oxygen atoms in total. The molecule has 1 rings (SSSR count). The van der Waals surface area contributed by atoms with Crippen molar-refractivity contribution in [3.63, 3.8) is 0 Å². The van der Waals surface area contributed by atoms with Gasteiger partial charge in [0.05, 0.1) is 12.2 Å². The summed E-state index contributed by atoms with van der Waals surface area (Å²) in [5.41, 5.74) is 0.181. The molecule has 1 aliphatic rings. The smallest absolute Gasteiger partial charge is 0.331 e. The Balaban J connectivity index is 2.81. The molecular formula is C8H12O4. The largest absolute Gasteiger partial charge is 0.478 e. The van der Waals surface area contributed by atoms with Gasteiger partial charge in [0.2, 0.25) is 0 Å². The van der Waals surface area contributed by atoms with Crippen molar-refractivity contribution < 1.29 is 20.1 Å². The van der Waals surface area contributed by atoms with Gasteiger partial charge in [0.1, 0.15) is 0 Å². The molecule has 0 radical (unpaired) electrons. The van der Waals surface area contributed by atoms with E-state index in [1.807, 2.05) is 0 Å². The fourth-order valence-corrected chi connectivity index (χ4v) is 1.34. The summed E-state index contributed by atoms with van der Waals surface area (Å²) in [4.78, 5) is 10.5. The molecule has 0 saturated heterocycles. The third-order valence-electron chi connectivity index (χ3n) is 2.10. The summed E-state index contributed by atoms with van der Waals surface area (Å²) in [5.74, 6) is -1.31. The van der Waals surface area contributed by atoms with Crippen molar-refractivity contribution in [2.45, 2.75) is 25.6 Å². The lowest BCUT2D eigenvalue weighted by Crippen LogP contribution is -2.36. The number of carboxylic acid groups (broad SMARTS) is 1. The van der Waals surface area contributed by atoms with E-state index in [0.717, 1.165) is 0 Å². The summed E-state index contributed by atoms with van der Waals surface area (Å²) in [5, 5.41) is 27.1. The summed E-state index contributed by atoms with van der Waals surface area (Å²) in [6.07, 6.45) is -0.273. The molecule has 0 aromatic heterocycles. The van der Waals surface area contributed by atoms with Gasteiger partial charge in [-0.3, -0.25) is 0 Å². The zero-order valence-corrected chi connectivity index (χ0v) is 6.77. The highest BCUT2D eigenvalue weighted by Gasteiger charge is 2.29. The Bertz CT molecular complexity index is 221.